The number of aliphatic imine (C=N–C) groups is 1. The van der Waals surface area contributed by atoms with Gasteiger partial charge in [0.1, 0.15) is 12.1 Å². The molecule has 4 aromatic rings. The smallest absolute Gasteiger partial charge is 0.426 e. The van der Waals surface area contributed by atoms with Gasteiger partial charge < -0.3 is 4.74 Å². The standard InChI is InChI=1S/C30H25ClF5N7O2S2/c1-16-4-13-23(31)25(17(16)2)43-24(44)14-47-28(43)38-27(46)40-39-18(3)19-5-7-20(8-6-19)26-37-15-42(41-26)21-9-11-22(12-10-21)45-30(35,36)29(32,33)34/h4-13,15,18,39H,14H2,1-3H3,(H,40,46). The van der Waals surface area contributed by atoms with Gasteiger partial charge in [-0.15, -0.1) is 5.10 Å². The van der Waals surface area contributed by atoms with Gasteiger partial charge in [0.25, 0.3) is 0 Å². The van der Waals surface area contributed by atoms with Crippen molar-refractivity contribution in [3.8, 4) is 22.8 Å². The molecule has 1 atom stereocenters. The predicted molar refractivity (Wildman–Crippen MR) is 174 cm³/mol. The molecular formula is C30H25ClF5N7O2S2. The molecule has 17 heteroatoms. The maximum Gasteiger partial charge on any atom is 0.499 e. The van der Waals surface area contributed by atoms with Crippen LogP contribution in [0.5, 0.6) is 5.75 Å². The molecule has 1 aliphatic rings. The number of carbonyl (C=O) groups excluding carboxylic acids is 1. The number of aryl methyl sites for hydroxylation is 1. The van der Waals surface area contributed by atoms with Crippen molar-refractivity contribution in [3.05, 3.63) is 88.7 Å². The molecule has 1 aromatic heterocycles. The molecule has 0 spiro atoms. The molecule has 9 nitrogen and oxygen atoms in total. The fourth-order valence-electron chi connectivity index (χ4n) is 4.39. The van der Waals surface area contributed by atoms with E-state index in [-0.39, 0.29) is 22.8 Å². The summed E-state index contributed by atoms with van der Waals surface area (Å²) >= 11 is 13.1. The lowest BCUT2D eigenvalue weighted by Crippen LogP contribution is -2.41. The first-order valence-corrected chi connectivity index (χ1v) is 15.5. The van der Waals surface area contributed by atoms with Gasteiger partial charge in [0.15, 0.2) is 11.0 Å². The molecule has 2 heterocycles. The Bertz CT molecular complexity index is 1830. The minimum atomic E-state index is -5.84. The number of alkyl halides is 5. The highest BCUT2D eigenvalue weighted by molar-refractivity contribution is 8.15. The summed E-state index contributed by atoms with van der Waals surface area (Å²) in [6.07, 6.45) is -9.78. The van der Waals surface area contributed by atoms with Crippen molar-refractivity contribution in [2.24, 2.45) is 4.99 Å². The maximum absolute atomic E-state index is 13.2. The lowest BCUT2D eigenvalue weighted by atomic mass is 10.1. The van der Waals surface area contributed by atoms with Gasteiger partial charge in [-0.25, -0.2) is 15.1 Å². The van der Waals surface area contributed by atoms with Crippen LogP contribution in [0.25, 0.3) is 17.1 Å². The molecule has 1 fully saturated rings. The molecule has 1 amide bonds. The van der Waals surface area contributed by atoms with Crippen LogP contribution in [0.1, 0.15) is 29.7 Å². The molecule has 0 saturated carbocycles. The lowest BCUT2D eigenvalue weighted by Gasteiger charge is -2.21. The Labute approximate surface area is 280 Å². The fraction of sp³-hybridized carbons (Fsp3) is 0.233. The van der Waals surface area contributed by atoms with Crippen LogP contribution in [0.15, 0.2) is 72.0 Å². The van der Waals surface area contributed by atoms with Crippen molar-refractivity contribution in [2.75, 3.05) is 10.7 Å². The van der Waals surface area contributed by atoms with Crippen molar-refractivity contribution < 1.29 is 31.5 Å². The normalized spacial score (nSPS) is 15.3. The summed E-state index contributed by atoms with van der Waals surface area (Å²) in [5.41, 5.74) is 10.4. The van der Waals surface area contributed by atoms with Crippen LogP contribution in [-0.2, 0) is 4.79 Å². The van der Waals surface area contributed by atoms with E-state index < -0.39 is 18.0 Å². The number of hydrogen-bond donors (Lipinski definition) is 2. The number of nitrogens with zero attached hydrogens (tertiary/aromatic N) is 5. The second-order valence-corrected chi connectivity index (χ2v) is 12.0. The second kappa shape index (κ2) is 13.5. The quantitative estimate of drug-likeness (QED) is 0.112. The van der Waals surface area contributed by atoms with Crippen molar-refractivity contribution in [2.45, 2.75) is 39.1 Å². The number of ether oxygens (including phenoxy) is 1. The minimum Gasteiger partial charge on any atom is -0.426 e. The number of hydrazine groups is 1. The predicted octanol–water partition coefficient (Wildman–Crippen LogP) is 7.31. The van der Waals surface area contributed by atoms with Gasteiger partial charge in [0.2, 0.25) is 11.0 Å². The van der Waals surface area contributed by atoms with E-state index in [1.165, 1.54) is 39.8 Å². The van der Waals surface area contributed by atoms with Crippen LogP contribution in [0, 0.1) is 13.8 Å². The highest BCUT2D eigenvalue weighted by atomic mass is 35.5. The molecular weight excluding hydrogens is 685 g/mol. The third kappa shape index (κ3) is 7.56. The Morgan fingerprint density at radius 3 is 2.40 bits per heavy atom. The molecule has 1 unspecified atom stereocenters. The first kappa shape index (κ1) is 34.2. The molecule has 0 bridgehead atoms. The first-order valence-electron chi connectivity index (χ1n) is 13.8. The van der Waals surface area contributed by atoms with Crippen molar-refractivity contribution >= 4 is 57.5 Å². The molecule has 1 saturated heterocycles. The number of carbonyl (C=O) groups is 1. The molecule has 5 rings (SSSR count). The first-order chi connectivity index (χ1) is 22.1. The Kier molecular flexibility index (Phi) is 9.86. The van der Waals surface area contributed by atoms with Crippen LogP contribution >= 0.6 is 35.6 Å². The summed E-state index contributed by atoms with van der Waals surface area (Å²) in [5.74, 6) is -0.238. The number of nitrogens with one attached hydrogen (secondary N) is 2. The highest BCUT2D eigenvalue weighted by Gasteiger charge is 2.61. The summed E-state index contributed by atoms with van der Waals surface area (Å²) in [4.78, 5) is 22.9. The zero-order chi connectivity index (χ0) is 34.1. The van der Waals surface area contributed by atoms with E-state index in [1.807, 2.05) is 39.0 Å². The number of aromatic nitrogens is 3. The van der Waals surface area contributed by atoms with Gasteiger partial charge >= 0.3 is 12.3 Å². The minimum absolute atomic E-state index is 0.125. The molecule has 2 N–H and O–H groups in total. The maximum atomic E-state index is 13.2. The van der Waals surface area contributed by atoms with Gasteiger partial charge in [0.05, 0.1) is 22.2 Å². The zero-order valence-electron chi connectivity index (χ0n) is 24.8. The van der Waals surface area contributed by atoms with Crippen molar-refractivity contribution in [3.63, 3.8) is 0 Å². The number of amides is 1. The number of rotatable bonds is 8. The van der Waals surface area contributed by atoms with E-state index >= 15 is 0 Å². The largest absolute Gasteiger partial charge is 0.499 e. The summed E-state index contributed by atoms with van der Waals surface area (Å²) in [6.45, 7) is 5.74. The summed E-state index contributed by atoms with van der Waals surface area (Å²) < 4.78 is 68.7. The average molecular weight is 710 g/mol. The van der Waals surface area contributed by atoms with Gasteiger partial charge in [-0.2, -0.15) is 26.9 Å². The van der Waals surface area contributed by atoms with Gasteiger partial charge in [-0.05, 0) is 80.0 Å². The van der Waals surface area contributed by atoms with E-state index in [1.54, 1.807) is 18.2 Å². The Balaban J connectivity index is 1.20. The molecule has 3 aromatic carbocycles. The van der Waals surface area contributed by atoms with Crippen molar-refractivity contribution in [1.82, 2.24) is 25.6 Å². The number of thioether (sulfide) groups is 1. The van der Waals surface area contributed by atoms with Crippen molar-refractivity contribution in [1.29, 1.82) is 0 Å². The number of amidine groups is 1. The Hall–Kier alpha value is -4.12. The van der Waals surface area contributed by atoms with E-state index in [2.05, 4.69) is 30.7 Å². The fourth-order valence-corrected chi connectivity index (χ4v) is 5.74. The monoisotopic (exact) mass is 709 g/mol. The number of thiocarbonyl (C=S) groups is 1. The van der Waals surface area contributed by atoms with Crippen LogP contribution < -0.4 is 20.5 Å². The highest BCUT2D eigenvalue weighted by Crippen LogP contribution is 2.38. The second-order valence-electron chi connectivity index (χ2n) is 10.3. The summed E-state index contributed by atoms with van der Waals surface area (Å²) in [7, 11) is 0. The average Bonchev–Trinajstić information content (AvgIpc) is 3.65. The number of anilines is 1. The lowest BCUT2D eigenvalue weighted by molar-refractivity contribution is -0.360. The molecule has 246 valence electrons. The van der Waals surface area contributed by atoms with Crippen LogP contribution in [-0.4, -0.2) is 49.0 Å². The zero-order valence-corrected chi connectivity index (χ0v) is 27.2. The number of benzene rings is 3. The van der Waals surface area contributed by atoms with Gasteiger partial charge in [0, 0.05) is 11.6 Å². The number of hydrogen-bond acceptors (Lipinski definition) is 7. The topological polar surface area (TPSA) is 96.7 Å². The Morgan fingerprint density at radius 2 is 1.74 bits per heavy atom. The van der Waals surface area contributed by atoms with E-state index in [0.29, 0.717) is 33.0 Å². The molecule has 47 heavy (non-hydrogen) atoms. The SMILES string of the molecule is Cc1ccc(Cl)c(N2C(=O)CSC2=NC(=S)NNC(C)c2ccc(-c3ncn(-c4ccc(OC(F)(F)C(F)(F)F)cc4)n3)cc2)c1C. The summed E-state index contributed by atoms with van der Waals surface area (Å²) in [5, 5.41) is 5.35. The summed E-state index contributed by atoms with van der Waals surface area (Å²) in [6, 6.07) is 15.2. The molecule has 1 aliphatic heterocycles. The molecule has 0 radical (unpaired) electrons. The van der Waals surface area contributed by atoms with E-state index in [9.17, 15) is 26.7 Å². The van der Waals surface area contributed by atoms with Crippen LogP contribution in [0.3, 0.4) is 0 Å². The van der Waals surface area contributed by atoms with Crippen LogP contribution in [0.4, 0.5) is 27.6 Å². The third-order valence-electron chi connectivity index (χ3n) is 7.07. The van der Waals surface area contributed by atoms with E-state index in [4.69, 9.17) is 23.8 Å². The third-order valence-corrected chi connectivity index (χ3v) is 8.49. The molecule has 0 aliphatic carbocycles. The number of halogens is 6. The Morgan fingerprint density at radius 1 is 1.06 bits per heavy atom. The van der Waals surface area contributed by atoms with Crippen LogP contribution in [0.2, 0.25) is 5.02 Å². The van der Waals surface area contributed by atoms with Gasteiger partial charge in [-0.3, -0.25) is 15.1 Å². The van der Waals surface area contributed by atoms with E-state index in [0.717, 1.165) is 28.8 Å². The van der Waals surface area contributed by atoms with Gasteiger partial charge in [-0.1, -0.05) is 53.7 Å².